The van der Waals surface area contributed by atoms with Crippen LogP contribution in [0.3, 0.4) is 0 Å². The van der Waals surface area contributed by atoms with E-state index in [9.17, 15) is 4.79 Å². The zero-order valence-electron chi connectivity index (χ0n) is 17.6. The molecule has 0 aliphatic carbocycles. The third kappa shape index (κ3) is 4.27. The molecule has 3 heterocycles. The average molecular weight is 395 g/mol. The smallest absolute Gasteiger partial charge is 0.219 e. The molecule has 2 aliphatic heterocycles. The van der Waals surface area contributed by atoms with Gasteiger partial charge in [-0.1, -0.05) is 18.2 Å². The summed E-state index contributed by atoms with van der Waals surface area (Å²) in [5.74, 6) is 2.29. The first-order chi connectivity index (χ1) is 14.0. The molecule has 0 bridgehead atoms. The number of ether oxygens (including phenoxy) is 1. The van der Waals surface area contributed by atoms with Gasteiger partial charge in [-0.05, 0) is 25.3 Å². The van der Waals surface area contributed by atoms with Crippen LogP contribution in [0, 0.1) is 6.92 Å². The normalized spacial score (nSPS) is 19.7. The van der Waals surface area contributed by atoms with Crippen molar-refractivity contribution < 1.29 is 9.53 Å². The van der Waals surface area contributed by atoms with Crippen molar-refractivity contribution in [1.29, 1.82) is 0 Å². The molecule has 154 valence electrons. The van der Waals surface area contributed by atoms with Crippen LogP contribution in [0.15, 0.2) is 24.4 Å². The maximum absolute atomic E-state index is 11.7. The molecule has 0 spiro atoms. The second-order valence-electron chi connectivity index (χ2n) is 8.23. The minimum atomic E-state index is 0.148. The quantitative estimate of drug-likeness (QED) is 0.798. The molecule has 29 heavy (non-hydrogen) atoms. The minimum absolute atomic E-state index is 0.148. The van der Waals surface area contributed by atoms with Crippen LogP contribution in [0.2, 0.25) is 0 Å². The van der Waals surface area contributed by atoms with Crippen molar-refractivity contribution in [3.8, 4) is 5.75 Å². The second-order valence-corrected chi connectivity index (χ2v) is 8.23. The Labute approximate surface area is 172 Å². The fraction of sp³-hybridized carbons (Fsp3) is 0.522. The highest BCUT2D eigenvalue weighted by Crippen LogP contribution is 2.28. The van der Waals surface area contributed by atoms with Gasteiger partial charge < -0.3 is 9.64 Å². The minimum Gasteiger partial charge on any atom is -0.496 e. The predicted octanol–water partition coefficient (Wildman–Crippen LogP) is 3.08. The highest BCUT2D eigenvalue weighted by Gasteiger charge is 2.27. The molecule has 1 atom stereocenters. The van der Waals surface area contributed by atoms with Gasteiger partial charge in [0.05, 0.1) is 7.11 Å². The van der Waals surface area contributed by atoms with Crippen LogP contribution < -0.4 is 4.74 Å². The van der Waals surface area contributed by atoms with Gasteiger partial charge in [-0.2, -0.15) is 0 Å². The Morgan fingerprint density at radius 2 is 2.17 bits per heavy atom. The van der Waals surface area contributed by atoms with Gasteiger partial charge >= 0.3 is 0 Å². The average Bonchev–Trinajstić information content (AvgIpc) is 2.73. The van der Waals surface area contributed by atoms with Crippen molar-refractivity contribution in [3.05, 3.63) is 52.6 Å². The van der Waals surface area contributed by atoms with Crippen LogP contribution in [-0.4, -0.2) is 52.4 Å². The maximum Gasteiger partial charge on any atom is 0.219 e. The molecule has 0 N–H and O–H groups in total. The van der Waals surface area contributed by atoms with Crippen molar-refractivity contribution in [3.63, 3.8) is 0 Å². The molecule has 1 saturated heterocycles. The van der Waals surface area contributed by atoms with Gasteiger partial charge in [0.15, 0.2) is 0 Å². The Morgan fingerprint density at radius 3 is 2.97 bits per heavy atom. The number of carbonyl (C=O) groups excluding carboxylic acids is 1. The van der Waals surface area contributed by atoms with Gasteiger partial charge in [0.1, 0.15) is 11.6 Å². The molecule has 1 unspecified atom stereocenters. The van der Waals surface area contributed by atoms with Crippen molar-refractivity contribution >= 4 is 5.91 Å². The lowest BCUT2D eigenvalue weighted by molar-refractivity contribution is -0.130. The van der Waals surface area contributed by atoms with E-state index < -0.39 is 0 Å². The first kappa shape index (κ1) is 19.8. The highest BCUT2D eigenvalue weighted by atomic mass is 16.5. The number of methoxy groups -OCH3 is 1. The van der Waals surface area contributed by atoms with E-state index in [2.05, 4.69) is 30.0 Å². The third-order valence-corrected chi connectivity index (χ3v) is 6.16. The monoisotopic (exact) mass is 394 g/mol. The summed E-state index contributed by atoms with van der Waals surface area (Å²) in [6, 6.07) is 6.32. The molecule has 0 radical (unpaired) electrons. The van der Waals surface area contributed by atoms with Crippen LogP contribution in [0.25, 0.3) is 0 Å². The van der Waals surface area contributed by atoms with Gasteiger partial charge in [-0.3, -0.25) is 9.69 Å². The molecular weight excluding hydrogens is 364 g/mol. The van der Waals surface area contributed by atoms with Crippen LogP contribution in [0.5, 0.6) is 5.75 Å². The molecular formula is C23H30N4O2. The lowest BCUT2D eigenvalue weighted by atomic mass is 9.96. The number of piperidine rings is 1. The van der Waals surface area contributed by atoms with Crippen LogP contribution in [0.4, 0.5) is 0 Å². The van der Waals surface area contributed by atoms with Crippen LogP contribution >= 0.6 is 0 Å². The molecule has 0 saturated carbocycles. The van der Waals surface area contributed by atoms with Gasteiger partial charge in [0, 0.05) is 75.0 Å². The molecule has 6 heteroatoms. The highest BCUT2D eigenvalue weighted by molar-refractivity contribution is 5.73. The van der Waals surface area contributed by atoms with Gasteiger partial charge in [-0.25, -0.2) is 9.97 Å². The molecule has 4 rings (SSSR count). The largest absolute Gasteiger partial charge is 0.496 e. The summed E-state index contributed by atoms with van der Waals surface area (Å²) in [5.41, 5.74) is 4.77. The number of fused-ring (bicyclic) bond motifs is 1. The molecule has 1 amide bonds. The zero-order chi connectivity index (χ0) is 20.4. The van der Waals surface area contributed by atoms with Crippen LogP contribution in [-0.2, 0) is 24.3 Å². The Morgan fingerprint density at radius 1 is 1.31 bits per heavy atom. The number of carbonyl (C=O) groups is 1. The fourth-order valence-corrected chi connectivity index (χ4v) is 4.57. The lowest BCUT2D eigenvalue weighted by Gasteiger charge is -2.32. The number of aryl methyl sites for hydroxylation is 1. The number of likely N-dealkylation sites (tertiary alicyclic amines) is 1. The number of rotatable bonds is 4. The van der Waals surface area contributed by atoms with E-state index in [1.165, 1.54) is 22.4 Å². The lowest BCUT2D eigenvalue weighted by Crippen LogP contribution is -2.38. The second kappa shape index (κ2) is 8.49. The van der Waals surface area contributed by atoms with Crippen molar-refractivity contribution in [1.82, 2.24) is 19.8 Å². The topological polar surface area (TPSA) is 58.6 Å². The molecule has 6 nitrogen and oxygen atoms in total. The third-order valence-electron chi connectivity index (χ3n) is 6.16. The predicted molar refractivity (Wildman–Crippen MR) is 112 cm³/mol. The first-order valence-corrected chi connectivity index (χ1v) is 10.5. The standard InChI is InChI=1S/C23H30N4O2/c1-16-6-4-7-18(22(16)29-3)13-26-11-9-21-20(14-26)12-24-23(25-21)19-8-5-10-27(15-19)17(2)28/h4,6-7,12,19H,5,8-11,13-15H2,1-3H3. The number of para-hydroxylation sites is 1. The van der Waals surface area contributed by atoms with E-state index in [1.54, 1.807) is 14.0 Å². The van der Waals surface area contributed by atoms with Crippen molar-refractivity contribution in [2.45, 2.75) is 52.1 Å². The summed E-state index contributed by atoms with van der Waals surface area (Å²) >= 11 is 0. The summed E-state index contributed by atoms with van der Waals surface area (Å²) in [6.45, 7) is 8.03. The van der Waals surface area contributed by atoms with Crippen molar-refractivity contribution in [2.24, 2.45) is 0 Å². The molecule has 1 aromatic carbocycles. The van der Waals surface area contributed by atoms with E-state index in [0.29, 0.717) is 0 Å². The zero-order valence-corrected chi connectivity index (χ0v) is 17.6. The summed E-state index contributed by atoms with van der Waals surface area (Å²) in [5, 5.41) is 0. The van der Waals surface area contributed by atoms with E-state index in [4.69, 9.17) is 14.7 Å². The number of amides is 1. The Kier molecular flexibility index (Phi) is 5.81. The maximum atomic E-state index is 11.7. The Bertz CT molecular complexity index is 898. The Hall–Kier alpha value is -2.47. The number of hydrogen-bond donors (Lipinski definition) is 0. The van der Waals surface area contributed by atoms with Gasteiger partial charge in [0.25, 0.3) is 0 Å². The number of aromatic nitrogens is 2. The van der Waals surface area contributed by atoms with E-state index in [0.717, 1.165) is 63.6 Å². The molecule has 2 aliphatic rings. The SMILES string of the molecule is COc1c(C)cccc1CN1CCc2nc(C3CCCN(C(C)=O)C3)ncc2C1. The molecule has 2 aromatic rings. The van der Waals surface area contributed by atoms with E-state index in [-0.39, 0.29) is 11.8 Å². The number of hydrogen-bond acceptors (Lipinski definition) is 5. The van der Waals surface area contributed by atoms with Crippen molar-refractivity contribution in [2.75, 3.05) is 26.7 Å². The molecule has 1 aromatic heterocycles. The van der Waals surface area contributed by atoms with Gasteiger partial charge in [-0.15, -0.1) is 0 Å². The van der Waals surface area contributed by atoms with E-state index >= 15 is 0 Å². The summed E-state index contributed by atoms with van der Waals surface area (Å²) in [7, 11) is 1.74. The molecule has 1 fully saturated rings. The van der Waals surface area contributed by atoms with Gasteiger partial charge in [0.2, 0.25) is 5.91 Å². The summed E-state index contributed by atoms with van der Waals surface area (Å²) < 4.78 is 5.62. The summed E-state index contributed by atoms with van der Waals surface area (Å²) in [4.78, 5) is 25.7. The first-order valence-electron chi connectivity index (χ1n) is 10.5. The number of benzene rings is 1. The number of nitrogens with zero attached hydrogens (tertiary/aromatic N) is 4. The summed E-state index contributed by atoms with van der Waals surface area (Å²) in [6.07, 6.45) is 5.02. The van der Waals surface area contributed by atoms with Crippen LogP contribution in [0.1, 0.15) is 53.9 Å². The van der Waals surface area contributed by atoms with E-state index in [1.807, 2.05) is 11.1 Å². The fourth-order valence-electron chi connectivity index (χ4n) is 4.57. The Balaban J connectivity index is 1.46.